The van der Waals surface area contributed by atoms with Crippen molar-refractivity contribution in [2.24, 2.45) is 11.1 Å². The molecule has 0 aromatic heterocycles. The van der Waals surface area contributed by atoms with Crippen molar-refractivity contribution < 1.29 is 9.59 Å². The van der Waals surface area contributed by atoms with Crippen LogP contribution in [-0.2, 0) is 4.79 Å². The normalized spacial score (nSPS) is 14.5. The maximum absolute atomic E-state index is 12.4. The van der Waals surface area contributed by atoms with Crippen molar-refractivity contribution in [3.8, 4) is 0 Å². The average molecular weight is 303 g/mol. The number of benzene rings is 1. The van der Waals surface area contributed by atoms with E-state index in [4.69, 9.17) is 5.73 Å². The molecule has 2 rings (SSSR count). The van der Waals surface area contributed by atoms with E-state index in [1.165, 1.54) is 0 Å². The van der Waals surface area contributed by atoms with Crippen molar-refractivity contribution >= 4 is 17.5 Å². The lowest BCUT2D eigenvalue weighted by atomic mass is 9.81. The monoisotopic (exact) mass is 303 g/mol. The molecule has 0 heterocycles. The summed E-state index contributed by atoms with van der Waals surface area (Å²) in [6.45, 7) is 4.27. The zero-order chi connectivity index (χ0) is 16.2. The summed E-state index contributed by atoms with van der Waals surface area (Å²) in [4.78, 5) is 24.3. The molecule has 0 unspecified atom stereocenters. The molecule has 0 bridgehead atoms. The molecule has 120 valence electrons. The second-order valence-corrected chi connectivity index (χ2v) is 5.97. The Morgan fingerprint density at radius 1 is 1.18 bits per heavy atom. The van der Waals surface area contributed by atoms with Gasteiger partial charge < -0.3 is 16.4 Å². The molecule has 2 amide bonds. The molecule has 1 aliphatic carbocycles. The highest BCUT2D eigenvalue weighted by Crippen LogP contribution is 2.27. The van der Waals surface area contributed by atoms with E-state index in [2.05, 4.69) is 10.6 Å². The minimum absolute atomic E-state index is 0.0567. The van der Waals surface area contributed by atoms with E-state index in [9.17, 15) is 9.59 Å². The van der Waals surface area contributed by atoms with Gasteiger partial charge in [-0.05, 0) is 49.9 Å². The van der Waals surface area contributed by atoms with Crippen molar-refractivity contribution in [3.63, 3.8) is 0 Å². The number of hydrogen-bond donors (Lipinski definition) is 3. The summed E-state index contributed by atoms with van der Waals surface area (Å²) in [5.74, 6) is -0.117. The van der Waals surface area contributed by atoms with Gasteiger partial charge in [-0.3, -0.25) is 9.59 Å². The maximum atomic E-state index is 12.4. The summed E-state index contributed by atoms with van der Waals surface area (Å²) in [5, 5.41) is 5.84. The Kier molecular flexibility index (Phi) is 5.19. The van der Waals surface area contributed by atoms with Gasteiger partial charge in [-0.1, -0.05) is 13.8 Å². The molecule has 1 fully saturated rings. The summed E-state index contributed by atoms with van der Waals surface area (Å²) < 4.78 is 0. The molecule has 4 N–H and O–H groups in total. The van der Waals surface area contributed by atoms with Crippen LogP contribution in [0.4, 0.5) is 5.69 Å². The first-order valence-electron chi connectivity index (χ1n) is 7.97. The van der Waals surface area contributed by atoms with E-state index in [0.29, 0.717) is 36.7 Å². The third-order valence-electron chi connectivity index (χ3n) is 4.54. The molecule has 0 atom stereocenters. The van der Waals surface area contributed by atoms with Crippen LogP contribution in [0.5, 0.6) is 0 Å². The molecule has 0 saturated heterocycles. The number of nitrogens with two attached hydrogens (primary N) is 1. The first kappa shape index (κ1) is 16.5. The van der Waals surface area contributed by atoms with Gasteiger partial charge >= 0.3 is 0 Å². The van der Waals surface area contributed by atoms with E-state index in [1.54, 1.807) is 24.3 Å². The molecule has 5 nitrogen and oxygen atoms in total. The first-order valence-corrected chi connectivity index (χ1v) is 7.97. The van der Waals surface area contributed by atoms with Crippen molar-refractivity contribution in [1.29, 1.82) is 0 Å². The SMILES string of the molecule is CCC(CC)(CN)C(=O)Nc1ccc(C(=O)NC2CC2)cc1. The van der Waals surface area contributed by atoms with Gasteiger partial charge in [0.1, 0.15) is 0 Å². The zero-order valence-electron chi connectivity index (χ0n) is 13.3. The topological polar surface area (TPSA) is 84.2 Å². The van der Waals surface area contributed by atoms with E-state index >= 15 is 0 Å². The van der Waals surface area contributed by atoms with Crippen LogP contribution in [0.1, 0.15) is 49.9 Å². The quantitative estimate of drug-likeness (QED) is 0.722. The van der Waals surface area contributed by atoms with Crippen LogP contribution in [0.25, 0.3) is 0 Å². The van der Waals surface area contributed by atoms with Gasteiger partial charge in [-0.2, -0.15) is 0 Å². The summed E-state index contributed by atoms with van der Waals surface area (Å²) in [7, 11) is 0. The molecule has 1 aromatic rings. The lowest BCUT2D eigenvalue weighted by Crippen LogP contribution is -2.41. The second-order valence-electron chi connectivity index (χ2n) is 5.97. The van der Waals surface area contributed by atoms with E-state index in [-0.39, 0.29) is 11.8 Å². The van der Waals surface area contributed by atoms with Gasteiger partial charge in [0.15, 0.2) is 0 Å². The van der Waals surface area contributed by atoms with Crippen molar-refractivity contribution in [1.82, 2.24) is 5.32 Å². The maximum Gasteiger partial charge on any atom is 0.251 e. The Morgan fingerprint density at radius 3 is 2.23 bits per heavy atom. The van der Waals surface area contributed by atoms with E-state index in [0.717, 1.165) is 12.8 Å². The summed E-state index contributed by atoms with van der Waals surface area (Å²) in [6.07, 6.45) is 3.53. The smallest absolute Gasteiger partial charge is 0.251 e. The van der Waals surface area contributed by atoms with Crippen LogP contribution < -0.4 is 16.4 Å². The highest BCUT2D eigenvalue weighted by Gasteiger charge is 2.33. The number of nitrogens with one attached hydrogen (secondary N) is 2. The lowest BCUT2D eigenvalue weighted by molar-refractivity contribution is -0.125. The Hall–Kier alpha value is -1.88. The fourth-order valence-corrected chi connectivity index (χ4v) is 2.42. The molecule has 1 saturated carbocycles. The molecule has 0 radical (unpaired) electrons. The van der Waals surface area contributed by atoms with Gasteiger partial charge in [-0.15, -0.1) is 0 Å². The fraction of sp³-hybridized carbons (Fsp3) is 0.529. The van der Waals surface area contributed by atoms with Gasteiger partial charge in [0.2, 0.25) is 5.91 Å². The summed E-state index contributed by atoms with van der Waals surface area (Å²) in [6, 6.07) is 7.31. The van der Waals surface area contributed by atoms with Gasteiger partial charge in [-0.25, -0.2) is 0 Å². The molecular weight excluding hydrogens is 278 g/mol. The molecule has 22 heavy (non-hydrogen) atoms. The number of carbonyl (C=O) groups excluding carboxylic acids is 2. The highest BCUT2D eigenvalue weighted by atomic mass is 16.2. The van der Waals surface area contributed by atoms with Gasteiger partial charge in [0.05, 0.1) is 5.41 Å². The van der Waals surface area contributed by atoms with Crippen LogP contribution in [0, 0.1) is 5.41 Å². The van der Waals surface area contributed by atoms with Gasteiger partial charge in [0, 0.05) is 23.8 Å². The Morgan fingerprint density at radius 2 is 1.77 bits per heavy atom. The van der Waals surface area contributed by atoms with Crippen LogP contribution in [-0.4, -0.2) is 24.4 Å². The van der Waals surface area contributed by atoms with Crippen molar-refractivity contribution in [2.75, 3.05) is 11.9 Å². The Balaban J connectivity index is 2.01. The molecule has 5 heteroatoms. The molecule has 0 aliphatic heterocycles. The average Bonchev–Trinajstić information content (AvgIpc) is 3.34. The second kappa shape index (κ2) is 6.92. The standard InChI is InChI=1S/C17H25N3O2/c1-3-17(4-2,11-18)16(22)20-14-7-5-12(6-8-14)15(21)19-13-9-10-13/h5-8,13H,3-4,9-11,18H2,1-2H3,(H,19,21)(H,20,22). The van der Waals surface area contributed by atoms with Gasteiger partial charge in [0.25, 0.3) is 5.91 Å². The third-order valence-corrected chi connectivity index (χ3v) is 4.54. The number of anilines is 1. The molecular formula is C17H25N3O2. The molecule has 1 aliphatic rings. The largest absolute Gasteiger partial charge is 0.349 e. The third kappa shape index (κ3) is 3.65. The van der Waals surface area contributed by atoms with Crippen molar-refractivity contribution in [2.45, 2.75) is 45.6 Å². The number of carbonyl (C=O) groups is 2. The van der Waals surface area contributed by atoms with Crippen molar-refractivity contribution in [3.05, 3.63) is 29.8 Å². The van der Waals surface area contributed by atoms with E-state index in [1.807, 2.05) is 13.8 Å². The number of rotatable bonds is 7. The van der Waals surface area contributed by atoms with Crippen LogP contribution in [0.3, 0.4) is 0 Å². The number of amides is 2. The zero-order valence-corrected chi connectivity index (χ0v) is 13.3. The lowest BCUT2D eigenvalue weighted by Gasteiger charge is -2.28. The highest BCUT2D eigenvalue weighted by molar-refractivity contribution is 5.97. The van der Waals surface area contributed by atoms with E-state index < -0.39 is 5.41 Å². The summed E-state index contributed by atoms with van der Waals surface area (Å²) >= 11 is 0. The Bertz CT molecular complexity index is 523. The molecule has 0 spiro atoms. The fourth-order valence-electron chi connectivity index (χ4n) is 2.42. The first-order chi connectivity index (χ1) is 10.5. The molecule has 1 aromatic carbocycles. The minimum atomic E-state index is -0.526. The Labute approximate surface area is 131 Å². The predicted molar refractivity (Wildman–Crippen MR) is 87.6 cm³/mol. The van der Waals surface area contributed by atoms with Crippen LogP contribution in [0.15, 0.2) is 24.3 Å². The van der Waals surface area contributed by atoms with Crippen LogP contribution >= 0.6 is 0 Å². The number of hydrogen-bond acceptors (Lipinski definition) is 3. The predicted octanol–water partition coefficient (Wildman–Crippen LogP) is 2.28. The summed E-state index contributed by atoms with van der Waals surface area (Å²) in [5.41, 5.74) is 6.56. The minimum Gasteiger partial charge on any atom is -0.349 e. The van der Waals surface area contributed by atoms with Crippen LogP contribution in [0.2, 0.25) is 0 Å².